The molecule has 0 saturated carbocycles. The second-order valence-electron chi connectivity index (χ2n) is 6.97. The SMILES string of the molecule is CCCCc1ccc(-c2ccc(C#Cc3ccc(CC)cc3C#N)cc2)cc1. The number of aryl methyl sites for hydroxylation is 2. The minimum Gasteiger partial charge on any atom is -0.192 e. The van der Waals surface area contributed by atoms with Crippen LogP contribution in [0.3, 0.4) is 0 Å². The van der Waals surface area contributed by atoms with Gasteiger partial charge in [0.15, 0.2) is 0 Å². The maximum Gasteiger partial charge on any atom is 0.100 e. The average molecular weight is 364 g/mol. The summed E-state index contributed by atoms with van der Waals surface area (Å²) in [4.78, 5) is 0. The van der Waals surface area contributed by atoms with Crippen LogP contribution in [-0.4, -0.2) is 0 Å². The van der Waals surface area contributed by atoms with Crippen molar-refractivity contribution in [3.8, 4) is 29.0 Å². The first-order valence-electron chi connectivity index (χ1n) is 9.98. The molecule has 0 aliphatic heterocycles. The molecule has 0 spiro atoms. The molecule has 0 heterocycles. The predicted molar refractivity (Wildman–Crippen MR) is 117 cm³/mol. The van der Waals surface area contributed by atoms with E-state index < -0.39 is 0 Å². The van der Waals surface area contributed by atoms with Gasteiger partial charge < -0.3 is 0 Å². The van der Waals surface area contributed by atoms with Gasteiger partial charge in [0.05, 0.1) is 5.56 Å². The van der Waals surface area contributed by atoms with Crippen LogP contribution in [0, 0.1) is 23.2 Å². The van der Waals surface area contributed by atoms with E-state index in [1.54, 1.807) is 0 Å². The molecule has 0 aromatic heterocycles. The van der Waals surface area contributed by atoms with Crippen LogP contribution >= 0.6 is 0 Å². The molecule has 3 aromatic carbocycles. The third kappa shape index (κ3) is 4.91. The maximum absolute atomic E-state index is 9.35. The third-order valence-corrected chi connectivity index (χ3v) is 4.95. The highest BCUT2D eigenvalue weighted by atomic mass is 14.2. The van der Waals surface area contributed by atoms with Crippen LogP contribution in [0.5, 0.6) is 0 Å². The van der Waals surface area contributed by atoms with Crippen LogP contribution in [-0.2, 0) is 12.8 Å². The molecule has 0 N–H and O–H groups in total. The van der Waals surface area contributed by atoms with E-state index in [4.69, 9.17) is 0 Å². The van der Waals surface area contributed by atoms with Gasteiger partial charge in [-0.3, -0.25) is 0 Å². The minimum atomic E-state index is 0.645. The monoisotopic (exact) mass is 363 g/mol. The second kappa shape index (κ2) is 9.59. The molecule has 0 amide bonds. The number of hydrogen-bond acceptors (Lipinski definition) is 1. The number of nitriles is 1. The van der Waals surface area contributed by atoms with Crippen LogP contribution in [0.15, 0.2) is 66.7 Å². The summed E-state index contributed by atoms with van der Waals surface area (Å²) in [6.45, 7) is 4.31. The van der Waals surface area contributed by atoms with E-state index in [-0.39, 0.29) is 0 Å². The summed E-state index contributed by atoms with van der Waals surface area (Å²) in [5.74, 6) is 6.33. The molecule has 28 heavy (non-hydrogen) atoms. The molecule has 0 fully saturated rings. The van der Waals surface area contributed by atoms with Crippen molar-refractivity contribution in [3.05, 3.63) is 94.5 Å². The van der Waals surface area contributed by atoms with Crippen molar-refractivity contribution < 1.29 is 0 Å². The molecule has 1 heteroatoms. The Balaban J connectivity index is 1.76. The van der Waals surface area contributed by atoms with Crippen LogP contribution in [0.1, 0.15) is 54.5 Å². The fourth-order valence-electron chi connectivity index (χ4n) is 3.14. The van der Waals surface area contributed by atoms with Gasteiger partial charge in [-0.15, -0.1) is 0 Å². The van der Waals surface area contributed by atoms with E-state index in [1.807, 2.05) is 30.3 Å². The quantitative estimate of drug-likeness (QED) is 0.473. The van der Waals surface area contributed by atoms with E-state index in [2.05, 4.69) is 68.2 Å². The topological polar surface area (TPSA) is 23.8 Å². The zero-order valence-electron chi connectivity index (χ0n) is 16.6. The number of unbranched alkanes of at least 4 members (excludes halogenated alkanes) is 1. The number of hydrogen-bond donors (Lipinski definition) is 0. The van der Waals surface area contributed by atoms with E-state index >= 15 is 0 Å². The molecule has 0 radical (unpaired) electrons. The summed E-state index contributed by atoms with van der Waals surface area (Å²) in [5, 5.41) is 9.35. The Morgan fingerprint density at radius 1 is 0.714 bits per heavy atom. The molecule has 3 rings (SSSR count). The fraction of sp³-hybridized carbons (Fsp3) is 0.222. The predicted octanol–water partition coefficient (Wildman–Crippen LogP) is 6.53. The van der Waals surface area contributed by atoms with Crippen molar-refractivity contribution >= 4 is 0 Å². The van der Waals surface area contributed by atoms with E-state index in [0.29, 0.717) is 5.56 Å². The Morgan fingerprint density at radius 2 is 1.36 bits per heavy atom. The lowest BCUT2D eigenvalue weighted by Gasteiger charge is -2.04. The maximum atomic E-state index is 9.35. The highest BCUT2D eigenvalue weighted by Crippen LogP contribution is 2.21. The molecule has 3 aromatic rings. The Morgan fingerprint density at radius 3 is 1.96 bits per heavy atom. The Hall–Kier alpha value is -3.29. The number of rotatable bonds is 5. The first-order chi connectivity index (χ1) is 13.7. The highest BCUT2D eigenvalue weighted by Gasteiger charge is 2.01. The lowest BCUT2D eigenvalue weighted by Crippen LogP contribution is -1.88. The zero-order valence-corrected chi connectivity index (χ0v) is 16.6. The van der Waals surface area contributed by atoms with Gasteiger partial charge in [0, 0.05) is 11.1 Å². The van der Waals surface area contributed by atoms with Gasteiger partial charge in [0.2, 0.25) is 0 Å². The van der Waals surface area contributed by atoms with Crippen LogP contribution < -0.4 is 0 Å². The molecule has 1 nitrogen and oxygen atoms in total. The van der Waals surface area contributed by atoms with E-state index in [9.17, 15) is 5.26 Å². The Labute approximate surface area is 168 Å². The number of benzene rings is 3. The lowest BCUT2D eigenvalue weighted by atomic mass is 10.0. The highest BCUT2D eigenvalue weighted by molar-refractivity contribution is 5.65. The summed E-state index contributed by atoms with van der Waals surface area (Å²) in [7, 11) is 0. The summed E-state index contributed by atoms with van der Waals surface area (Å²) in [6.07, 6.45) is 4.53. The molecular weight excluding hydrogens is 338 g/mol. The van der Waals surface area contributed by atoms with Crippen LogP contribution in [0.4, 0.5) is 0 Å². The molecule has 0 aliphatic carbocycles. The van der Waals surface area contributed by atoms with Crippen molar-refractivity contribution in [1.29, 1.82) is 5.26 Å². The second-order valence-corrected chi connectivity index (χ2v) is 6.97. The molecule has 0 bridgehead atoms. The molecule has 138 valence electrons. The van der Waals surface area contributed by atoms with Crippen molar-refractivity contribution in [3.63, 3.8) is 0 Å². The Kier molecular flexibility index (Phi) is 6.67. The fourth-order valence-corrected chi connectivity index (χ4v) is 3.14. The van der Waals surface area contributed by atoms with Gasteiger partial charge in [0.25, 0.3) is 0 Å². The number of nitrogens with zero attached hydrogens (tertiary/aromatic N) is 1. The van der Waals surface area contributed by atoms with Gasteiger partial charge in [0.1, 0.15) is 6.07 Å². The van der Waals surface area contributed by atoms with Crippen molar-refractivity contribution in [2.45, 2.75) is 39.5 Å². The van der Waals surface area contributed by atoms with Gasteiger partial charge in [-0.2, -0.15) is 5.26 Å². The average Bonchev–Trinajstić information content (AvgIpc) is 2.77. The molecule has 0 saturated heterocycles. The molecule has 0 aliphatic rings. The standard InChI is InChI=1S/C27H25N/c1-3-5-6-22-8-14-24(15-9-22)25-16-10-23(11-17-25)12-18-26-13-7-21(4-2)19-27(26)20-28/h7-11,13-17,19H,3-6H2,1-2H3. The van der Waals surface area contributed by atoms with Crippen LogP contribution in [0.25, 0.3) is 11.1 Å². The molecule has 0 unspecified atom stereocenters. The van der Waals surface area contributed by atoms with Crippen molar-refractivity contribution in [2.75, 3.05) is 0 Å². The largest absolute Gasteiger partial charge is 0.192 e. The van der Waals surface area contributed by atoms with Gasteiger partial charge in [-0.25, -0.2) is 0 Å². The molecule has 0 atom stereocenters. The van der Waals surface area contributed by atoms with E-state index in [1.165, 1.54) is 29.5 Å². The van der Waals surface area contributed by atoms with Crippen molar-refractivity contribution in [1.82, 2.24) is 0 Å². The van der Waals surface area contributed by atoms with Gasteiger partial charge >= 0.3 is 0 Å². The van der Waals surface area contributed by atoms with Gasteiger partial charge in [-0.05, 0) is 65.8 Å². The zero-order chi connectivity index (χ0) is 19.8. The van der Waals surface area contributed by atoms with Crippen molar-refractivity contribution in [2.24, 2.45) is 0 Å². The first kappa shape index (κ1) is 19.5. The third-order valence-electron chi connectivity index (χ3n) is 4.95. The summed E-state index contributed by atoms with van der Waals surface area (Å²) in [6, 6.07) is 25.3. The minimum absolute atomic E-state index is 0.645. The first-order valence-corrected chi connectivity index (χ1v) is 9.98. The summed E-state index contributed by atoms with van der Waals surface area (Å²) < 4.78 is 0. The summed E-state index contributed by atoms with van der Waals surface area (Å²) in [5.41, 5.74) is 7.35. The van der Waals surface area contributed by atoms with Crippen LogP contribution in [0.2, 0.25) is 0 Å². The van der Waals surface area contributed by atoms with Gasteiger partial charge in [-0.1, -0.05) is 74.6 Å². The normalized spacial score (nSPS) is 10.0. The lowest BCUT2D eigenvalue weighted by molar-refractivity contribution is 0.795. The smallest absolute Gasteiger partial charge is 0.100 e. The van der Waals surface area contributed by atoms with E-state index in [0.717, 1.165) is 29.5 Å². The Bertz CT molecular complexity index is 1020. The summed E-state index contributed by atoms with van der Waals surface area (Å²) >= 11 is 0. The molecular formula is C27H25N.